The molecule has 1 aliphatic rings. The second-order valence-corrected chi connectivity index (χ2v) is 3.90. The lowest BCUT2D eigenvalue weighted by Gasteiger charge is -2.23. The van der Waals surface area contributed by atoms with E-state index in [1.165, 1.54) is 32.8 Å². The van der Waals surface area contributed by atoms with Crippen LogP contribution in [0.2, 0.25) is 0 Å². The standard InChI is InChI=1S/C11H18O2/c1-9-3-5-10(6-4-9)7-8-11(12)13-2/h7-10H,3-6H2,1-2H3/b8-7+. The molecule has 2 heteroatoms. The SMILES string of the molecule is COC(=O)/C=C/C1CCC(C)CC1. The first-order valence-electron chi connectivity index (χ1n) is 4.98. The lowest BCUT2D eigenvalue weighted by Crippen LogP contribution is -2.10. The summed E-state index contributed by atoms with van der Waals surface area (Å²) in [6.45, 7) is 2.29. The van der Waals surface area contributed by atoms with Gasteiger partial charge < -0.3 is 4.74 Å². The van der Waals surface area contributed by atoms with E-state index in [-0.39, 0.29) is 5.97 Å². The molecule has 0 radical (unpaired) electrons. The number of esters is 1. The van der Waals surface area contributed by atoms with Gasteiger partial charge in [0, 0.05) is 6.08 Å². The van der Waals surface area contributed by atoms with Crippen molar-refractivity contribution in [2.45, 2.75) is 32.6 Å². The van der Waals surface area contributed by atoms with E-state index < -0.39 is 0 Å². The van der Waals surface area contributed by atoms with Gasteiger partial charge >= 0.3 is 5.97 Å². The van der Waals surface area contributed by atoms with E-state index >= 15 is 0 Å². The molecule has 1 aliphatic carbocycles. The van der Waals surface area contributed by atoms with Gasteiger partial charge in [0.15, 0.2) is 0 Å². The fraction of sp³-hybridized carbons (Fsp3) is 0.727. The third kappa shape index (κ3) is 3.62. The van der Waals surface area contributed by atoms with E-state index in [0.717, 1.165) is 5.92 Å². The summed E-state index contributed by atoms with van der Waals surface area (Å²) in [5.74, 6) is 1.22. The van der Waals surface area contributed by atoms with Crippen molar-refractivity contribution in [1.29, 1.82) is 0 Å². The van der Waals surface area contributed by atoms with Crippen LogP contribution in [0.15, 0.2) is 12.2 Å². The van der Waals surface area contributed by atoms with Crippen LogP contribution in [0.25, 0.3) is 0 Å². The highest BCUT2D eigenvalue weighted by Gasteiger charge is 2.15. The molecule has 0 aromatic rings. The number of rotatable bonds is 2. The molecule has 13 heavy (non-hydrogen) atoms. The van der Waals surface area contributed by atoms with Crippen molar-refractivity contribution in [3.63, 3.8) is 0 Å². The largest absolute Gasteiger partial charge is 0.466 e. The van der Waals surface area contributed by atoms with Gasteiger partial charge in [0.25, 0.3) is 0 Å². The molecule has 1 fully saturated rings. The predicted molar refractivity (Wildman–Crippen MR) is 52.3 cm³/mol. The van der Waals surface area contributed by atoms with E-state index in [2.05, 4.69) is 11.7 Å². The maximum absolute atomic E-state index is 10.8. The highest BCUT2D eigenvalue weighted by atomic mass is 16.5. The summed E-state index contributed by atoms with van der Waals surface area (Å²) in [5, 5.41) is 0. The maximum Gasteiger partial charge on any atom is 0.330 e. The van der Waals surface area contributed by atoms with Gasteiger partial charge in [0.05, 0.1) is 7.11 Å². The normalized spacial score (nSPS) is 29.1. The van der Waals surface area contributed by atoms with Gasteiger partial charge in [-0.15, -0.1) is 0 Å². The number of hydrogen-bond acceptors (Lipinski definition) is 2. The van der Waals surface area contributed by atoms with Crippen LogP contribution in [0.3, 0.4) is 0 Å². The third-order valence-electron chi connectivity index (χ3n) is 2.77. The Hall–Kier alpha value is -0.790. The predicted octanol–water partition coefficient (Wildman–Crippen LogP) is 2.54. The zero-order valence-electron chi connectivity index (χ0n) is 8.45. The summed E-state index contributed by atoms with van der Waals surface area (Å²) in [6.07, 6.45) is 8.56. The zero-order chi connectivity index (χ0) is 9.68. The molecule has 0 saturated heterocycles. The smallest absolute Gasteiger partial charge is 0.330 e. The summed E-state index contributed by atoms with van der Waals surface area (Å²) in [6, 6.07) is 0. The van der Waals surface area contributed by atoms with Gasteiger partial charge in [-0.1, -0.05) is 25.8 Å². The fourth-order valence-electron chi connectivity index (χ4n) is 1.76. The lowest BCUT2D eigenvalue weighted by atomic mass is 9.83. The first kappa shape index (κ1) is 10.3. The molecule has 0 aromatic carbocycles. The van der Waals surface area contributed by atoms with Crippen LogP contribution in [0.1, 0.15) is 32.6 Å². The number of hydrogen-bond donors (Lipinski definition) is 0. The third-order valence-corrected chi connectivity index (χ3v) is 2.77. The van der Waals surface area contributed by atoms with Gasteiger partial charge in [-0.25, -0.2) is 4.79 Å². The molecule has 0 amide bonds. The van der Waals surface area contributed by atoms with Crippen molar-refractivity contribution in [1.82, 2.24) is 0 Å². The maximum atomic E-state index is 10.8. The van der Waals surface area contributed by atoms with Crippen LogP contribution in [0.4, 0.5) is 0 Å². The van der Waals surface area contributed by atoms with Crippen molar-refractivity contribution in [3.05, 3.63) is 12.2 Å². The topological polar surface area (TPSA) is 26.3 Å². The Labute approximate surface area is 80.0 Å². The monoisotopic (exact) mass is 182 g/mol. The Bertz CT molecular complexity index is 188. The van der Waals surface area contributed by atoms with Crippen molar-refractivity contribution in [2.24, 2.45) is 11.8 Å². The van der Waals surface area contributed by atoms with E-state index in [0.29, 0.717) is 5.92 Å². The Morgan fingerprint density at radius 1 is 1.31 bits per heavy atom. The molecule has 0 N–H and O–H groups in total. The Kier molecular flexibility index (Phi) is 4.00. The minimum absolute atomic E-state index is 0.237. The van der Waals surface area contributed by atoms with Crippen molar-refractivity contribution in [3.8, 4) is 0 Å². The molecule has 0 heterocycles. The summed E-state index contributed by atoms with van der Waals surface area (Å²) in [5.41, 5.74) is 0. The molecule has 0 spiro atoms. The molecule has 0 unspecified atom stereocenters. The van der Waals surface area contributed by atoms with Gasteiger partial charge in [-0.05, 0) is 24.7 Å². The van der Waals surface area contributed by atoms with E-state index in [1.807, 2.05) is 6.08 Å². The van der Waals surface area contributed by atoms with E-state index in [4.69, 9.17) is 0 Å². The molecule has 74 valence electrons. The Morgan fingerprint density at radius 2 is 1.92 bits per heavy atom. The molecule has 0 atom stereocenters. The van der Waals surface area contributed by atoms with Crippen LogP contribution in [0, 0.1) is 11.8 Å². The molecule has 2 nitrogen and oxygen atoms in total. The minimum atomic E-state index is -0.237. The zero-order valence-corrected chi connectivity index (χ0v) is 8.45. The Morgan fingerprint density at radius 3 is 2.46 bits per heavy atom. The highest BCUT2D eigenvalue weighted by molar-refractivity contribution is 5.81. The summed E-state index contributed by atoms with van der Waals surface area (Å²) >= 11 is 0. The molecule has 1 rings (SSSR count). The van der Waals surface area contributed by atoms with Crippen LogP contribution < -0.4 is 0 Å². The first-order chi connectivity index (χ1) is 6.22. The van der Waals surface area contributed by atoms with Gasteiger partial charge in [-0.3, -0.25) is 0 Å². The second-order valence-electron chi connectivity index (χ2n) is 3.90. The average Bonchev–Trinajstić information content (AvgIpc) is 2.16. The molecular weight excluding hydrogens is 164 g/mol. The van der Waals surface area contributed by atoms with Crippen molar-refractivity contribution >= 4 is 5.97 Å². The number of carbonyl (C=O) groups is 1. The molecule has 0 bridgehead atoms. The van der Waals surface area contributed by atoms with E-state index in [9.17, 15) is 4.79 Å². The summed E-state index contributed by atoms with van der Waals surface area (Å²) < 4.78 is 4.54. The van der Waals surface area contributed by atoms with E-state index in [1.54, 1.807) is 6.08 Å². The van der Waals surface area contributed by atoms with Crippen molar-refractivity contribution < 1.29 is 9.53 Å². The molecule has 1 saturated carbocycles. The summed E-state index contributed by atoms with van der Waals surface area (Å²) in [4.78, 5) is 10.8. The first-order valence-corrected chi connectivity index (χ1v) is 4.98. The van der Waals surface area contributed by atoms with Crippen LogP contribution >= 0.6 is 0 Å². The highest BCUT2D eigenvalue weighted by Crippen LogP contribution is 2.28. The fourth-order valence-corrected chi connectivity index (χ4v) is 1.76. The van der Waals surface area contributed by atoms with Crippen LogP contribution in [-0.2, 0) is 9.53 Å². The number of ether oxygens (including phenoxy) is 1. The van der Waals surface area contributed by atoms with Gasteiger partial charge in [0.1, 0.15) is 0 Å². The molecular formula is C11H18O2. The van der Waals surface area contributed by atoms with Gasteiger partial charge in [-0.2, -0.15) is 0 Å². The number of methoxy groups -OCH3 is 1. The summed E-state index contributed by atoms with van der Waals surface area (Å²) in [7, 11) is 1.41. The van der Waals surface area contributed by atoms with Gasteiger partial charge in [0.2, 0.25) is 0 Å². The molecule has 0 aliphatic heterocycles. The second kappa shape index (κ2) is 5.05. The van der Waals surface area contributed by atoms with Crippen LogP contribution in [0.5, 0.6) is 0 Å². The Balaban J connectivity index is 2.29. The number of carbonyl (C=O) groups excluding carboxylic acids is 1. The minimum Gasteiger partial charge on any atom is -0.466 e. The quantitative estimate of drug-likeness (QED) is 0.484. The van der Waals surface area contributed by atoms with Crippen LogP contribution in [-0.4, -0.2) is 13.1 Å². The van der Waals surface area contributed by atoms with Crippen molar-refractivity contribution in [2.75, 3.05) is 7.11 Å². The number of allylic oxidation sites excluding steroid dienone is 1. The average molecular weight is 182 g/mol. The lowest BCUT2D eigenvalue weighted by molar-refractivity contribution is -0.134. The molecule has 0 aromatic heterocycles.